The number of aliphatic hydroxyl groups is 1. The fourth-order valence-corrected chi connectivity index (χ4v) is 5.07. The van der Waals surface area contributed by atoms with Crippen molar-refractivity contribution in [3.63, 3.8) is 0 Å². The number of carbonyl (C=O) groups excluding carboxylic acids is 1. The predicted octanol–water partition coefficient (Wildman–Crippen LogP) is 3.84. The Morgan fingerprint density at radius 1 is 1.18 bits per heavy atom. The van der Waals surface area contributed by atoms with Crippen molar-refractivity contribution in [1.29, 1.82) is 0 Å². The number of rotatable bonds is 7. The van der Waals surface area contributed by atoms with Gasteiger partial charge in [-0.3, -0.25) is 9.78 Å². The maximum absolute atomic E-state index is 14.8. The number of nitrogens with zero attached hydrogens (tertiary/aromatic N) is 5. The van der Waals surface area contributed by atoms with E-state index in [9.17, 15) is 27.5 Å². The largest absolute Gasteiger partial charge is 0.494 e. The van der Waals surface area contributed by atoms with Crippen LogP contribution in [0.25, 0.3) is 22.2 Å². The first-order valence-electron chi connectivity index (χ1n) is 13.1. The number of methoxy groups -OCH3 is 1. The molecule has 2 aromatic carbocycles. The second kappa shape index (κ2) is 10.5. The van der Waals surface area contributed by atoms with Gasteiger partial charge in [-0.2, -0.15) is 18.4 Å². The Bertz CT molecular complexity index is 1870. The zero-order valence-electron chi connectivity index (χ0n) is 23.1. The average molecular weight is 610 g/mol. The molecule has 6 rings (SSSR count). The summed E-state index contributed by atoms with van der Waals surface area (Å²) in [6.45, 7) is 0.260. The molecule has 0 bridgehead atoms. The minimum absolute atomic E-state index is 0.0149. The standard InChI is InChI=1S/C29H23F4N7O4/c1-27(26-37-39-40-38-26)14-44-24-19(27)12-21(36-23(24)15-5-7-18(30)8-6-15)28(42,29(31,32)33)13-35-25(41)17-10-16-4-3-9-34-22(16)20(11-17)43-2/h3-12,42H,13-14H2,1-2H3,(H,35,41)(H,37,38,39,40)/t27-,28-/m0/s1. The van der Waals surface area contributed by atoms with Gasteiger partial charge in [0.25, 0.3) is 5.91 Å². The Kier molecular flexibility index (Phi) is 6.91. The summed E-state index contributed by atoms with van der Waals surface area (Å²) >= 11 is 0. The summed E-state index contributed by atoms with van der Waals surface area (Å²) in [5, 5.41) is 27.9. The van der Waals surface area contributed by atoms with E-state index in [0.717, 1.165) is 18.2 Å². The topological polar surface area (TPSA) is 148 Å². The van der Waals surface area contributed by atoms with E-state index in [0.29, 0.717) is 10.9 Å². The Balaban J connectivity index is 1.44. The molecular weight excluding hydrogens is 586 g/mol. The summed E-state index contributed by atoms with van der Waals surface area (Å²) in [5.74, 6) is -1.00. The Hall–Kier alpha value is -5.18. The highest BCUT2D eigenvalue weighted by Gasteiger charge is 2.57. The van der Waals surface area contributed by atoms with Crippen LogP contribution in [0.1, 0.15) is 34.4 Å². The minimum Gasteiger partial charge on any atom is -0.494 e. The van der Waals surface area contributed by atoms with Gasteiger partial charge in [-0.25, -0.2) is 9.37 Å². The van der Waals surface area contributed by atoms with Gasteiger partial charge in [0.15, 0.2) is 5.82 Å². The fraction of sp³-hybridized carbons (Fsp3) is 0.241. The molecule has 0 unspecified atom stereocenters. The number of fused-ring (bicyclic) bond motifs is 2. The molecule has 0 saturated carbocycles. The van der Waals surface area contributed by atoms with E-state index in [1.807, 2.05) is 0 Å². The van der Waals surface area contributed by atoms with Crippen molar-refractivity contribution >= 4 is 16.8 Å². The molecule has 0 saturated heterocycles. The molecule has 0 fully saturated rings. The highest BCUT2D eigenvalue weighted by atomic mass is 19.4. The molecule has 11 nitrogen and oxygen atoms in total. The number of H-pyrrole nitrogens is 1. The molecule has 1 aliphatic rings. The van der Waals surface area contributed by atoms with E-state index in [4.69, 9.17) is 9.47 Å². The fourth-order valence-electron chi connectivity index (χ4n) is 5.07. The number of carbonyl (C=O) groups is 1. The van der Waals surface area contributed by atoms with Gasteiger partial charge in [0.2, 0.25) is 5.60 Å². The van der Waals surface area contributed by atoms with Crippen LogP contribution in [0.15, 0.2) is 60.8 Å². The summed E-state index contributed by atoms with van der Waals surface area (Å²) in [6.07, 6.45) is -3.78. The number of ether oxygens (including phenoxy) is 2. The highest BCUT2D eigenvalue weighted by Crippen LogP contribution is 2.49. The monoisotopic (exact) mass is 609 g/mol. The number of tetrazole rings is 1. The van der Waals surface area contributed by atoms with Crippen molar-refractivity contribution in [2.75, 3.05) is 20.3 Å². The number of hydrogen-bond donors (Lipinski definition) is 3. The van der Waals surface area contributed by atoms with Crippen molar-refractivity contribution in [2.45, 2.75) is 24.1 Å². The molecule has 5 aromatic rings. The third kappa shape index (κ3) is 4.74. The number of benzene rings is 2. The van der Waals surface area contributed by atoms with E-state index in [-0.39, 0.29) is 46.3 Å². The zero-order chi connectivity index (χ0) is 31.3. The molecule has 1 aliphatic heterocycles. The van der Waals surface area contributed by atoms with Crippen LogP contribution in [0.4, 0.5) is 17.6 Å². The summed E-state index contributed by atoms with van der Waals surface area (Å²) < 4.78 is 69.3. The Morgan fingerprint density at radius 3 is 2.64 bits per heavy atom. The van der Waals surface area contributed by atoms with Gasteiger partial charge in [0, 0.05) is 28.3 Å². The van der Waals surface area contributed by atoms with Gasteiger partial charge in [0.1, 0.15) is 35.1 Å². The maximum atomic E-state index is 14.8. The summed E-state index contributed by atoms with van der Waals surface area (Å²) in [6, 6.07) is 12.0. The third-order valence-electron chi connectivity index (χ3n) is 7.58. The molecule has 2 atom stereocenters. The van der Waals surface area contributed by atoms with Gasteiger partial charge in [-0.15, -0.1) is 10.2 Å². The maximum Gasteiger partial charge on any atom is 0.424 e. The second-order valence-electron chi connectivity index (χ2n) is 10.4. The van der Waals surface area contributed by atoms with Crippen LogP contribution in [0.5, 0.6) is 11.5 Å². The van der Waals surface area contributed by atoms with Crippen molar-refractivity contribution in [3.05, 3.63) is 89.3 Å². The summed E-state index contributed by atoms with van der Waals surface area (Å²) in [4.78, 5) is 21.6. The van der Waals surface area contributed by atoms with Crippen LogP contribution in [0.2, 0.25) is 0 Å². The number of alkyl halides is 3. The van der Waals surface area contributed by atoms with E-state index >= 15 is 0 Å². The smallest absolute Gasteiger partial charge is 0.424 e. The van der Waals surface area contributed by atoms with Gasteiger partial charge < -0.3 is 19.9 Å². The molecule has 15 heteroatoms. The third-order valence-corrected chi connectivity index (χ3v) is 7.58. The lowest BCUT2D eigenvalue weighted by Crippen LogP contribution is -2.51. The normalized spacial score (nSPS) is 17.5. The van der Waals surface area contributed by atoms with Crippen molar-refractivity contribution in [3.8, 4) is 22.8 Å². The van der Waals surface area contributed by atoms with Crippen molar-refractivity contribution in [2.24, 2.45) is 0 Å². The van der Waals surface area contributed by atoms with Crippen LogP contribution in [0, 0.1) is 5.82 Å². The van der Waals surface area contributed by atoms with Crippen molar-refractivity contribution in [1.82, 2.24) is 35.9 Å². The van der Waals surface area contributed by atoms with Crippen LogP contribution >= 0.6 is 0 Å². The van der Waals surface area contributed by atoms with E-state index < -0.39 is 41.2 Å². The first-order chi connectivity index (χ1) is 20.9. The molecule has 0 aliphatic carbocycles. The molecule has 3 N–H and O–H groups in total. The van der Waals surface area contributed by atoms with E-state index in [1.165, 1.54) is 37.6 Å². The SMILES string of the molecule is COc1cc(C(=O)NC[C@](O)(c2cc3c(c(-c4ccc(F)cc4)n2)OC[C@]3(C)c2nn[nH]n2)C(F)(F)F)cc2cccnc12. The van der Waals surface area contributed by atoms with Crippen LogP contribution < -0.4 is 14.8 Å². The molecule has 44 heavy (non-hydrogen) atoms. The minimum atomic E-state index is -5.31. The van der Waals surface area contributed by atoms with Crippen LogP contribution in [0.3, 0.4) is 0 Å². The number of nitrogens with one attached hydrogen (secondary N) is 2. The number of aromatic nitrogens is 6. The predicted molar refractivity (Wildman–Crippen MR) is 146 cm³/mol. The molecule has 3 aromatic heterocycles. The van der Waals surface area contributed by atoms with Crippen LogP contribution in [-0.2, 0) is 11.0 Å². The lowest BCUT2D eigenvalue weighted by molar-refractivity contribution is -0.265. The molecule has 226 valence electrons. The van der Waals surface area contributed by atoms with Gasteiger partial charge in [0.05, 0.1) is 24.8 Å². The molecule has 0 radical (unpaired) electrons. The van der Waals surface area contributed by atoms with Gasteiger partial charge >= 0.3 is 6.18 Å². The summed E-state index contributed by atoms with van der Waals surface area (Å²) in [5.41, 5.74) is -4.92. The average Bonchev–Trinajstić information content (AvgIpc) is 3.68. The lowest BCUT2D eigenvalue weighted by Gasteiger charge is -2.31. The first-order valence-corrected chi connectivity index (χ1v) is 13.1. The zero-order valence-corrected chi connectivity index (χ0v) is 23.1. The van der Waals surface area contributed by atoms with Crippen LogP contribution in [-0.4, -0.2) is 68.0 Å². The summed E-state index contributed by atoms with van der Waals surface area (Å²) in [7, 11) is 1.37. The lowest BCUT2D eigenvalue weighted by atomic mass is 9.81. The van der Waals surface area contributed by atoms with Gasteiger partial charge in [-0.1, -0.05) is 11.3 Å². The first kappa shape index (κ1) is 28.9. The number of amides is 1. The van der Waals surface area contributed by atoms with Crippen molar-refractivity contribution < 1.29 is 36.9 Å². The molecule has 4 heterocycles. The highest BCUT2D eigenvalue weighted by molar-refractivity contribution is 5.99. The number of hydrogen-bond acceptors (Lipinski definition) is 9. The quantitative estimate of drug-likeness (QED) is 0.234. The van der Waals surface area contributed by atoms with Gasteiger partial charge in [-0.05, 0) is 55.5 Å². The number of pyridine rings is 2. The Labute approximate surface area is 246 Å². The van der Waals surface area contributed by atoms with E-state index in [1.54, 1.807) is 19.1 Å². The van der Waals surface area contributed by atoms with E-state index in [2.05, 4.69) is 35.9 Å². The number of aromatic amines is 1. The Morgan fingerprint density at radius 2 is 1.95 bits per heavy atom. The molecular formula is C29H23F4N7O4. The second-order valence-corrected chi connectivity index (χ2v) is 10.4. The number of halogens is 4. The molecule has 1 amide bonds. The molecule has 0 spiro atoms.